The van der Waals surface area contributed by atoms with E-state index in [4.69, 9.17) is 5.73 Å². The molecule has 1 aliphatic heterocycles. The molecule has 3 rings (SSSR count). The topological polar surface area (TPSA) is 46.3 Å². The number of amides is 1. The molecule has 2 unspecified atom stereocenters. The Morgan fingerprint density at radius 3 is 2.94 bits per heavy atom. The summed E-state index contributed by atoms with van der Waals surface area (Å²) in [5.74, 6) is -0.298. The lowest BCUT2D eigenvalue weighted by Gasteiger charge is -2.23. The van der Waals surface area contributed by atoms with E-state index < -0.39 is 0 Å². The summed E-state index contributed by atoms with van der Waals surface area (Å²) in [4.78, 5) is 14.2. The molecule has 1 saturated carbocycles. The van der Waals surface area contributed by atoms with Crippen LogP contribution < -0.4 is 10.6 Å². The van der Waals surface area contributed by atoms with Crippen molar-refractivity contribution in [2.75, 3.05) is 11.4 Å². The fourth-order valence-electron chi connectivity index (χ4n) is 3.08. The molecule has 0 radical (unpaired) electrons. The Hall–Kier alpha value is -1.42. The van der Waals surface area contributed by atoms with E-state index in [1.54, 1.807) is 11.0 Å². The normalized spacial score (nSPS) is 26.4. The minimum Gasteiger partial charge on any atom is -0.327 e. The number of hydrogen-bond acceptors (Lipinski definition) is 2. The van der Waals surface area contributed by atoms with Gasteiger partial charge in [-0.1, -0.05) is 12.5 Å². The summed E-state index contributed by atoms with van der Waals surface area (Å²) in [5, 5.41) is 0. The quantitative estimate of drug-likeness (QED) is 0.824. The average molecular weight is 248 g/mol. The van der Waals surface area contributed by atoms with Crippen LogP contribution in [0.4, 0.5) is 10.1 Å². The predicted octanol–water partition coefficient (Wildman–Crippen LogP) is 1.84. The van der Waals surface area contributed by atoms with E-state index >= 15 is 0 Å². The number of carbonyl (C=O) groups excluding carboxylic acids is 1. The van der Waals surface area contributed by atoms with Crippen LogP contribution in [0.25, 0.3) is 0 Å². The fourth-order valence-corrected chi connectivity index (χ4v) is 3.08. The average Bonchev–Trinajstić information content (AvgIpc) is 2.94. The van der Waals surface area contributed by atoms with E-state index in [2.05, 4.69) is 0 Å². The van der Waals surface area contributed by atoms with Gasteiger partial charge in [0.1, 0.15) is 5.82 Å². The first-order chi connectivity index (χ1) is 8.66. The summed E-state index contributed by atoms with van der Waals surface area (Å²) in [6.07, 6.45) is 3.60. The van der Waals surface area contributed by atoms with Crippen molar-refractivity contribution in [3.05, 3.63) is 29.6 Å². The largest absolute Gasteiger partial charge is 0.327 e. The molecule has 1 aliphatic carbocycles. The Kier molecular flexibility index (Phi) is 2.82. The number of rotatable bonds is 1. The van der Waals surface area contributed by atoms with Gasteiger partial charge in [0, 0.05) is 18.3 Å². The lowest BCUT2D eigenvalue weighted by molar-refractivity contribution is -0.122. The first-order valence-corrected chi connectivity index (χ1v) is 6.52. The summed E-state index contributed by atoms with van der Waals surface area (Å²) < 4.78 is 13.3. The maximum Gasteiger partial charge on any atom is 0.231 e. The maximum atomic E-state index is 13.3. The maximum absolute atomic E-state index is 13.3. The highest BCUT2D eigenvalue weighted by Gasteiger charge is 2.36. The Morgan fingerprint density at radius 1 is 1.39 bits per heavy atom. The van der Waals surface area contributed by atoms with Gasteiger partial charge in [0.15, 0.2) is 0 Å². The second kappa shape index (κ2) is 4.35. The molecule has 3 nitrogen and oxygen atoms in total. The van der Waals surface area contributed by atoms with Crippen LogP contribution in [0.5, 0.6) is 0 Å². The monoisotopic (exact) mass is 248 g/mol. The summed E-state index contributed by atoms with van der Waals surface area (Å²) in [6.45, 7) is 0.654. The van der Waals surface area contributed by atoms with Crippen LogP contribution in [0, 0.1) is 11.7 Å². The molecule has 2 aliphatic rings. The van der Waals surface area contributed by atoms with Crippen molar-refractivity contribution in [2.24, 2.45) is 11.7 Å². The van der Waals surface area contributed by atoms with Gasteiger partial charge in [-0.15, -0.1) is 0 Å². The predicted molar refractivity (Wildman–Crippen MR) is 67.8 cm³/mol. The van der Waals surface area contributed by atoms with Gasteiger partial charge in [-0.05, 0) is 37.0 Å². The SMILES string of the molecule is NC1CCCC1C(=O)N1CCc2ccc(F)cc21. The zero-order valence-electron chi connectivity index (χ0n) is 10.2. The van der Waals surface area contributed by atoms with E-state index in [0.29, 0.717) is 6.54 Å². The molecule has 1 aromatic rings. The Morgan fingerprint density at radius 2 is 2.22 bits per heavy atom. The Labute approximate surface area is 106 Å². The van der Waals surface area contributed by atoms with Crippen molar-refractivity contribution in [3.63, 3.8) is 0 Å². The van der Waals surface area contributed by atoms with Crippen LogP contribution in [0.15, 0.2) is 18.2 Å². The van der Waals surface area contributed by atoms with Crippen LogP contribution in [-0.4, -0.2) is 18.5 Å². The molecule has 1 fully saturated rings. The summed E-state index contributed by atoms with van der Waals surface area (Å²) in [5.41, 5.74) is 7.76. The van der Waals surface area contributed by atoms with E-state index in [-0.39, 0.29) is 23.7 Å². The number of hydrogen-bond donors (Lipinski definition) is 1. The van der Waals surface area contributed by atoms with E-state index in [1.165, 1.54) is 12.1 Å². The van der Waals surface area contributed by atoms with Gasteiger partial charge in [-0.3, -0.25) is 4.79 Å². The third-order valence-electron chi connectivity index (χ3n) is 4.10. The van der Waals surface area contributed by atoms with E-state index in [1.807, 2.05) is 0 Å². The summed E-state index contributed by atoms with van der Waals surface area (Å²) >= 11 is 0. The van der Waals surface area contributed by atoms with Crippen molar-refractivity contribution in [2.45, 2.75) is 31.7 Å². The number of anilines is 1. The smallest absolute Gasteiger partial charge is 0.231 e. The highest BCUT2D eigenvalue weighted by Crippen LogP contribution is 2.33. The molecule has 2 atom stereocenters. The third kappa shape index (κ3) is 1.81. The molecule has 0 saturated heterocycles. The van der Waals surface area contributed by atoms with Crippen molar-refractivity contribution in [3.8, 4) is 0 Å². The van der Waals surface area contributed by atoms with Gasteiger partial charge in [0.2, 0.25) is 5.91 Å². The second-order valence-corrected chi connectivity index (χ2v) is 5.21. The fraction of sp³-hybridized carbons (Fsp3) is 0.500. The minimum atomic E-state index is -0.288. The van der Waals surface area contributed by atoms with Crippen LogP contribution in [0.2, 0.25) is 0 Å². The highest BCUT2D eigenvalue weighted by molar-refractivity contribution is 5.97. The van der Waals surface area contributed by atoms with Gasteiger partial charge in [0.25, 0.3) is 0 Å². The van der Waals surface area contributed by atoms with Crippen LogP contribution in [0.3, 0.4) is 0 Å². The lowest BCUT2D eigenvalue weighted by Crippen LogP contribution is -2.41. The van der Waals surface area contributed by atoms with Crippen LogP contribution in [-0.2, 0) is 11.2 Å². The number of fused-ring (bicyclic) bond motifs is 1. The number of carbonyl (C=O) groups is 1. The summed E-state index contributed by atoms with van der Waals surface area (Å²) in [6, 6.07) is 4.65. The molecule has 0 bridgehead atoms. The molecule has 0 aromatic heterocycles. The van der Waals surface area contributed by atoms with Crippen molar-refractivity contribution < 1.29 is 9.18 Å². The zero-order chi connectivity index (χ0) is 12.7. The molecule has 18 heavy (non-hydrogen) atoms. The lowest BCUT2D eigenvalue weighted by atomic mass is 10.0. The van der Waals surface area contributed by atoms with Gasteiger partial charge in [-0.2, -0.15) is 0 Å². The number of benzene rings is 1. The molecule has 0 spiro atoms. The number of halogens is 1. The van der Waals surface area contributed by atoms with Crippen LogP contribution in [0.1, 0.15) is 24.8 Å². The summed E-state index contributed by atoms with van der Waals surface area (Å²) in [7, 11) is 0. The molecular formula is C14H17FN2O. The Balaban J connectivity index is 1.87. The zero-order valence-corrected chi connectivity index (χ0v) is 10.2. The Bertz CT molecular complexity index is 489. The van der Waals surface area contributed by atoms with Crippen molar-refractivity contribution in [1.29, 1.82) is 0 Å². The molecule has 1 amide bonds. The highest BCUT2D eigenvalue weighted by atomic mass is 19.1. The first kappa shape index (κ1) is 11.7. The molecule has 96 valence electrons. The van der Waals surface area contributed by atoms with Crippen LogP contribution >= 0.6 is 0 Å². The minimum absolute atomic E-state index is 0.0323. The molecular weight excluding hydrogens is 231 g/mol. The molecule has 1 heterocycles. The molecule has 2 N–H and O–H groups in total. The third-order valence-corrected chi connectivity index (χ3v) is 4.10. The van der Waals surface area contributed by atoms with E-state index in [9.17, 15) is 9.18 Å². The first-order valence-electron chi connectivity index (χ1n) is 6.52. The standard InChI is InChI=1S/C14H17FN2O/c15-10-5-4-9-6-7-17(13(9)8-10)14(18)11-2-1-3-12(11)16/h4-5,8,11-12H,1-3,6-7,16H2. The number of nitrogens with zero attached hydrogens (tertiary/aromatic N) is 1. The second-order valence-electron chi connectivity index (χ2n) is 5.21. The van der Waals surface area contributed by atoms with Crippen molar-refractivity contribution >= 4 is 11.6 Å². The van der Waals surface area contributed by atoms with Gasteiger partial charge in [0.05, 0.1) is 5.92 Å². The van der Waals surface area contributed by atoms with Gasteiger partial charge >= 0.3 is 0 Å². The van der Waals surface area contributed by atoms with Crippen molar-refractivity contribution in [1.82, 2.24) is 0 Å². The number of nitrogens with two attached hydrogens (primary N) is 1. The van der Waals surface area contributed by atoms with E-state index in [0.717, 1.165) is 36.9 Å². The van der Waals surface area contributed by atoms with Gasteiger partial charge < -0.3 is 10.6 Å². The van der Waals surface area contributed by atoms with Gasteiger partial charge in [-0.25, -0.2) is 4.39 Å². The molecule has 1 aromatic carbocycles. The molecule has 4 heteroatoms.